The molecule has 19 heavy (non-hydrogen) atoms. The van der Waals surface area contributed by atoms with Crippen LogP contribution in [0.5, 0.6) is 0 Å². The van der Waals surface area contributed by atoms with Crippen LogP contribution in [0, 0.1) is 0 Å². The van der Waals surface area contributed by atoms with Crippen LogP contribution in [0.1, 0.15) is 40.1 Å². The number of halogens is 1. The van der Waals surface area contributed by atoms with Crippen molar-refractivity contribution in [2.45, 2.75) is 32.1 Å². The Morgan fingerprint density at radius 2 is 2.05 bits per heavy atom. The van der Waals surface area contributed by atoms with Gasteiger partial charge in [-0.25, -0.2) is 4.79 Å². The zero-order valence-corrected chi connectivity index (χ0v) is 13.2. The monoisotopic (exact) mass is 345 g/mol. The highest BCUT2D eigenvalue weighted by Gasteiger charge is 2.25. The maximum absolute atomic E-state index is 12.0. The van der Waals surface area contributed by atoms with Crippen molar-refractivity contribution in [1.29, 1.82) is 0 Å². The number of aryl methyl sites for hydroxylation is 1. The van der Waals surface area contributed by atoms with Crippen molar-refractivity contribution < 1.29 is 14.3 Å². The van der Waals surface area contributed by atoms with Crippen LogP contribution in [0.15, 0.2) is 0 Å². The predicted octanol–water partition coefficient (Wildman–Crippen LogP) is 3.14. The summed E-state index contributed by atoms with van der Waals surface area (Å²) in [5.74, 6) is -0.508. The van der Waals surface area contributed by atoms with E-state index in [4.69, 9.17) is 4.74 Å². The Balaban J connectivity index is 2.41. The summed E-state index contributed by atoms with van der Waals surface area (Å²) in [4.78, 5) is 24.7. The lowest BCUT2D eigenvalue weighted by atomic mass is 10.1. The molecule has 0 aliphatic heterocycles. The number of carbonyl (C=O) groups is 2. The average molecular weight is 346 g/mol. The molecule has 0 saturated heterocycles. The Kier molecular flexibility index (Phi) is 4.99. The van der Waals surface area contributed by atoms with E-state index >= 15 is 0 Å². The second-order valence-corrected chi connectivity index (χ2v) is 6.11. The number of hydrogen-bond acceptors (Lipinski definition) is 4. The molecule has 2 rings (SSSR count). The Morgan fingerprint density at radius 1 is 1.32 bits per heavy atom. The number of rotatable bonds is 3. The van der Waals surface area contributed by atoms with Crippen LogP contribution in [0.2, 0.25) is 0 Å². The fraction of sp³-hybridized carbons (Fsp3) is 0.538. The fourth-order valence-electron chi connectivity index (χ4n) is 2.31. The Morgan fingerprint density at radius 3 is 2.74 bits per heavy atom. The van der Waals surface area contributed by atoms with E-state index in [-0.39, 0.29) is 17.2 Å². The molecule has 104 valence electrons. The van der Waals surface area contributed by atoms with E-state index in [2.05, 4.69) is 21.2 Å². The van der Waals surface area contributed by atoms with Crippen LogP contribution < -0.4 is 5.32 Å². The fourth-order valence-corrected chi connectivity index (χ4v) is 3.74. The van der Waals surface area contributed by atoms with Gasteiger partial charge in [-0.2, -0.15) is 0 Å². The molecule has 1 aromatic rings. The molecule has 0 atom stereocenters. The minimum atomic E-state index is -0.357. The van der Waals surface area contributed by atoms with E-state index in [0.717, 1.165) is 31.2 Å². The second-order valence-electron chi connectivity index (χ2n) is 4.44. The summed E-state index contributed by atoms with van der Waals surface area (Å²) in [6, 6.07) is 0. The maximum atomic E-state index is 12.0. The number of hydrogen-bond donors (Lipinski definition) is 1. The minimum Gasteiger partial charge on any atom is -0.465 e. The Hall–Kier alpha value is -0.880. The summed E-state index contributed by atoms with van der Waals surface area (Å²) in [7, 11) is 1.37. The zero-order chi connectivity index (χ0) is 13.8. The van der Waals surface area contributed by atoms with Crippen molar-refractivity contribution in [2.24, 2.45) is 0 Å². The molecule has 1 heterocycles. The zero-order valence-electron chi connectivity index (χ0n) is 10.8. The lowest BCUT2D eigenvalue weighted by molar-refractivity contribution is -0.113. The topological polar surface area (TPSA) is 55.4 Å². The number of esters is 1. The van der Waals surface area contributed by atoms with Crippen LogP contribution in [0.25, 0.3) is 0 Å². The number of alkyl halides is 1. The third kappa shape index (κ3) is 3.17. The van der Waals surface area contributed by atoms with Crippen LogP contribution in [-0.4, -0.2) is 24.3 Å². The molecule has 0 aromatic carbocycles. The molecule has 1 aliphatic carbocycles. The van der Waals surface area contributed by atoms with E-state index in [0.29, 0.717) is 10.6 Å². The molecular weight excluding hydrogens is 330 g/mol. The first-order valence-electron chi connectivity index (χ1n) is 6.26. The van der Waals surface area contributed by atoms with Crippen molar-refractivity contribution >= 4 is 44.1 Å². The quantitative estimate of drug-likeness (QED) is 0.520. The molecule has 0 unspecified atom stereocenters. The van der Waals surface area contributed by atoms with Gasteiger partial charge in [0.15, 0.2) is 0 Å². The highest BCUT2D eigenvalue weighted by Crippen LogP contribution is 2.37. The van der Waals surface area contributed by atoms with E-state index in [1.54, 1.807) is 0 Å². The summed E-state index contributed by atoms with van der Waals surface area (Å²) in [5, 5.41) is 3.63. The number of carbonyl (C=O) groups excluding carboxylic acids is 2. The minimum absolute atomic E-state index is 0.151. The molecule has 6 heteroatoms. The van der Waals surface area contributed by atoms with Gasteiger partial charge in [0.05, 0.1) is 18.0 Å². The van der Waals surface area contributed by atoms with Gasteiger partial charge in [0.25, 0.3) is 0 Å². The van der Waals surface area contributed by atoms with Gasteiger partial charge in [0.2, 0.25) is 5.91 Å². The van der Waals surface area contributed by atoms with Crippen LogP contribution in [-0.2, 0) is 22.4 Å². The number of methoxy groups -OCH3 is 1. The first-order valence-corrected chi connectivity index (χ1v) is 8.19. The second kappa shape index (κ2) is 6.52. The Bertz CT molecular complexity index is 498. The third-order valence-electron chi connectivity index (χ3n) is 3.19. The molecule has 0 saturated carbocycles. The number of thiophene rings is 1. The molecule has 0 bridgehead atoms. The smallest absolute Gasteiger partial charge is 0.341 e. The summed E-state index contributed by atoms with van der Waals surface area (Å²) in [5.41, 5.74) is 1.62. The summed E-state index contributed by atoms with van der Waals surface area (Å²) in [6.45, 7) is 0. The van der Waals surface area contributed by atoms with Crippen molar-refractivity contribution in [3.63, 3.8) is 0 Å². The maximum Gasteiger partial charge on any atom is 0.341 e. The van der Waals surface area contributed by atoms with Crippen LogP contribution >= 0.6 is 27.3 Å². The van der Waals surface area contributed by atoms with Gasteiger partial charge in [0.1, 0.15) is 5.00 Å². The molecule has 1 amide bonds. The van der Waals surface area contributed by atoms with E-state index in [1.165, 1.54) is 29.7 Å². The van der Waals surface area contributed by atoms with Gasteiger partial charge in [-0.3, -0.25) is 4.79 Å². The van der Waals surface area contributed by atoms with E-state index in [1.807, 2.05) is 0 Å². The van der Waals surface area contributed by atoms with Crippen molar-refractivity contribution in [1.82, 2.24) is 0 Å². The first-order chi connectivity index (χ1) is 9.17. The lowest BCUT2D eigenvalue weighted by Crippen LogP contribution is -2.15. The molecule has 1 aliphatic rings. The normalized spacial score (nSPS) is 14.4. The van der Waals surface area contributed by atoms with Crippen LogP contribution in [0.4, 0.5) is 5.00 Å². The van der Waals surface area contributed by atoms with Gasteiger partial charge in [-0.15, -0.1) is 11.3 Å². The predicted molar refractivity (Wildman–Crippen MR) is 79.3 cm³/mol. The van der Waals surface area contributed by atoms with E-state index in [9.17, 15) is 9.59 Å². The van der Waals surface area contributed by atoms with Gasteiger partial charge in [-0.1, -0.05) is 22.4 Å². The lowest BCUT2D eigenvalue weighted by Gasteiger charge is -2.06. The van der Waals surface area contributed by atoms with Crippen LogP contribution in [0.3, 0.4) is 0 Å². The molecule has 0 spiro atoms. The molecular formula is C13H16BrNO3S. The summed E-state index contributed by atoms with van der Waals surface area (Å²) in [6.07, 6.45) is 5.28. The first kappa shape index (κ1) is 14.5. The SMILES string of the molecule is COC(=O)c1c(NC(=O)CBr)sc2c1CCCCC2. The van der Waals surface area contributed by atoms with Crippen molar-refractivity contribution in [2.75, 3.05) is 17.8 Å². The highest BCUT2D eigenvalue weighted by molar-refractivity contribution is 9.09. The summed E-state index contributed by atoms with van der Waals surface area (Å²) >= 11 is 4.62. The van der Waals surface area contributed by atoms with Gasteiger partial charge < -0.3 is 10.1 Å². The van der Waals surface area contributed by atoms with E-state index < -0.39 is 0 Å². The van der Waals surface area contributed by atoms with Gasteiger partial charge in [-0.05, 0) is 31.2 Å². The number of amides is 1. The number of nitrogens with one attached hydrogen (secondary N) is 1. The van der Waals surface area contributed by atoms with Gasteiger partial charge >= 0.3 is 5.97 Å². The number of anilines is 1. The molecule has 0 radical (unpaired) electrons. The number of fused-ring (bicyclic) bond motifs is 1. The van der Waals surface area contributed by atoms with Crippen molar-refractivity contribution in [3.8, 4) is 0 Å². The third-order valence-corrected chi connectivity index (χ3v) is 4.90. The Labute approximate surface area is 124 Å². The largest absolute Gasteiger partial charge is 0.465 e. The number of ether oxygens (including phenoxy) is 1. The summed E-state index contributed by atoms with van der Waals surface area (Å²) < 4.78 is 4.86. The van der Waals surface area contributed by atoms with Gasteiger partial charge in [0, 0.05) is 4.88 Å². The highest BCUT2D eigenvalue weighted by atomic mass is 79.9. The molecule has 1 N–H and O–H groups in total. The molecule has 0 fully saturated rings. The molecule has 4 nitrogen and oxygen atoms in total. The average Bonchev–Trinajstić information content (AvgIpc) is 2.59. The van der Waals surface area contributed by atoms with Crippen molar-refractivity contribution in [3.05, 3.63) is 16.0 Å². The molecule has 1 aromatic heterocycles. The standard InChI is InChI=1S/C13H16BrNO3S/c1-18-13(17)11-8-5-3-2-4-6-9(8)19-12(11)15-10(16)7-14/h2-7H2,1H3,(H,15,16).